The van der Waals surface area contributed by atoms with Crippen LogP contribution in [0, 0.1) is 0 Å². The van der Waals surface area contributed by atoms with Gasteiger partial charge in [0.15, 0.2) is 6.61 Å². The Kier molecular flexibility index (Phi) is 10.2. The maximum atomic E-state index is 12.2. The number of carbonyl (C=O) groups is 2. The summed E-state index contributed by atoms with van der Waals surface area (Å²) in [5.41, 5.74) is 3.79. The van der Waals surface area contributed by atoms with Crippen LogP contribution in [0.4, 0.5) is 24.5 Å². The lowest BCUT2D eigenvalue weighted by molar-refractivity contribution is -0.153. The summed E-state index contributed by atoms with van der Waals surface area (Å²) in [5, 5.41) is 23.1. The highest BCUT2D eigenvalue weighted by Gasteiger charge is 2.28. The summed E-state index contributed by atoms with van der Waals surface area (Å²) in [6.45, 7) is 0.0236. The molecule has 1 aliphatic rings. The van der Waals surface area contributed by atoms with E-state index in [9.17, 15) is 22.8 Å². The van der Waals surface area contributed by atoms with E-state index >= 15 is 0 Å². The number of nitrogens with zero attached hydrogens (tertiary/aromatic N) is 1. The molecule has 0 bridgehead atoms. The molecule has 12 heteroatoms. The third-order valence-electron chi connectivity index (χ3n) is 4.63. The Hall–Kier alpha value is -3.21. The maximum absolute atomic E-state index is 12.2. The van der Waals surface area contributed by atoms with Crippen LogP contribution in [-0.4, -0.2) is 46.5 Å². The predicted molar refractivity (Wildman–Crippen MR) is 120 cm³/mol. The molecule has 0 fully saturated rings. The fraction of sp³-hybridized carbons (Fsp3) is 0.409. The monoisotopic (exact) mass is 503 g/mol. The van der Waals surface area contributed by atoms with Crippen molar-refractivity contribution >= 4 is 34.9 Å². The molecule has 1 aliphatic heterocycles. The molecule has 0 atom stereocenters. The van der Waals surface area contributed by atoms with Gasteiger partial charge in [-0.1, -0.05) is 11.6 Å². The van der Waals surface area contributed by atoms with Gasteiger partial charge in [-0.2, -0.15) is 13.2 Å². The van der Waals surface area contributed by atoms with Gasteiger partial charge >= 0.3 is 18.1 Å². The van der Waals surface area contributed by atoms with E-state index in [2.05, 4.69) is 20.4 Å². The second-order valence-electron chi connectivity index (χ2n) is 7.36. The number of pyridine rings is 1. The first-order chi connectivity index (χ1) is 16.0. The summed E-state index contributed by atoms with van der Waals surface area (Å²) in [6, 6.07) is 6.94. The van der Waals surface area contributed by atoms with E-state index in [0.29, 0.717) is 17.3 Å². The molecule has 0 saturated carbocycles. The first kappa shape index (κ1) is 27.0. The molecule has 1 aromatic carbocycles. The number of ether oxygens (including phenoxy) is 1. The molecule has 8 nitrogen and oxygen atoms in total. The molecule has 0 saturated heterocycles. The Morgan fingerprint density at radius 3 is 2.41 bits per heavy atom. The molecule has 2 aromatic rings. The fourth-order valence-corrected chi connectivity index (χ4v) is 3.29. The van der Waals surface area contributed by atoms with Gasteiger partial charge in [0.1, 0.15) is 5.75 Å². The van der Waals surface area contributed by atoms with Crippen molar-refractivity contribution in [1.82, 2.24) is 4.98 Å². The smallest absolute Gasteiger partial charge is 0.422 e. The van der Waals surface area contributed by atoms with Crippen LogP contribution in [0.1, 0.15) is 36.9 Å². The molecule has 2 heterocycles. The molecule has 0 aliphatic carbocycles. The van der Waals surface area contributed by atoms with Crippen molar-refractivity contribution in [2.24, 2.45) is 0 Å². The Bertz CT molecular complexity index is 957. The van der Waals surface area contributed by atoms with Gasteiger partial charge in [-0.15, -0.1) is 0 Å². The second kappa shape index (κ2) is 12.9. The molecule has 4 N–H and O–H groups in total. The number of benzene rings is 1. The van der Waals surface area contributed by atoms with E-state index in [-0.39, 0.29) is 18.6 Å². The standard InChI is InChI=1S/C18H19ClF3N3O.C4H6O4/c19-15-6-7-16-14(3-1-2-8-23-16)17(15)25-9-12-4-5-13(10-24-12)26-11-18(20,21)22;5-3(6)1-2-4(7)8/h4-7,10,23,25H,1-3,8-9,11H2;1-2H2,(H,5,6)(H,7,8). The highest BCUT2D eigenvalue weighted by Crippen LogP contribution is 2.35. The SMILES string of the molecule is FC(F)(F)COc1ccc(CNc2c(Cl)ccc3c2CCCCN3)nc1.O=C(O)CCC(=O)O. The van der Waals surface area contributed by atoms with Crippen LogP contribution in [0.3, 0.4) is 0 Å². The highest BCUT2D eigenvalue weighted by atomic mass is 35.5. The van der Waals surface area contributed by atoms with Gasteiger partial charge in [0.2, 0.25) is 0 Å². The number of carboxylic acids is 2. The van der Waals surface area contributed by atoms with Crippen molar-refractivity contribution in [2.45, 2.75) is 44.8 Å². The summed E-state index contributed by atoms with van der Waals surface area (Å²) < 4.78 is 41.1. The number of nitrogens with one attached hydrogen (secondary N) is 2. The molecule has 0 spiro atoms. The van der Waals surface area contributed by atoms with Crippen LogP contribution in [-0.2, 0) is 22.6 Å². The number of hydrogen-bond acceptors (Lipinski definition) is 6. The van der Waals surface area contributed by atoms with Crippen LogP contribution in [0.25, 0.3) is 0 Å². The first-order valence-corrected chi connectivity index (χ1v) is 10.8. The molecule has 186 valence electrons. The molecule has 0 radical (unpaired) electrons. The average molecular weight is 504 g/mol. The first-order valence-electron chi connectivity index (χ1n) is 10.4. The van der Waals surface area contributed by atoms with Crippen molar-refractivity contribution in [3.63, 3.8) is 0 Å². The highest BCUT2D eigenvalue weighted by molar-refractivity contribution is 6.33. The number of anilines is 2. The zero-order chi connectivity index (χ0) is 25.1. The molecular weight excluding hydrogens is 479 g/mol. The number of aromatic nitrogens is 1. The largest absolute Gasteiger partial charge is 0.483 e. The normalized spacial score (nSPS) is 12.8. The molecule has 0 amide bonds. The van der Waals surface area contributed by atoms with E-state index in [1.807, 2.05) is 12.1 Å². The third-order valence-corrected chi connectivity index (χ3v) is 4.95. The number of aliphatic carboxylic acids is 2. The van der Waals surface area contributed by atoms with Crippen LogP contribution >= 0.6 is 11.6 Å². The molecular formula is C22H25ClF3N3O5. The fourth-order valence-electron chi connectivity index (χ4n) is 3.04. The number of carboxylic acid groups (broad SMARTS) is 2. The van der Waals surface area contributed by atoms with Crippen LogP contribution < -0.4 is 15.4 Å². The topological polar surface area (TPSA) is 121 Å². The molecule has 1 aromatic heterocycles. The summed E-state index contributed by atoms with van der Waals surface area (Å²) in [5.74, 6) is -2.07. The minimum atomic E-state index is -4.36. The number of fused-ring (bicyclic) bond motifs is 1. The van der Waals surface area contributed by atoms with Crippen LogP contribution in [0.5, 0.6) is 5.75 Å². The summed E-state index contributed by atoms with van der Waals surface area (Å²) in [7, 11) is 0. The molecule has 0 unspecified atom stereocenters. The van der Waals surface area contributed by atoms with Crippen molar-refractivity contribution in [1.29, 1.82) is 0 Å². The zero-order valence-electron chi connectivity index (χ0n) is 18.1. The Labute approximate surface area is 199 Å². The van der Waals surface area contributed by atoms with E-state index < -0.39 is 24.7 Å². The minimum Gasteiger partial charge on any atom is -0.483 e. The van der Waals surface area contributed by atoms with E-state index in [1.165, 1.54) is 12.3 Å². The van der Waals surface area contributed by atoms with Crippen molar-refractivity contribution < 1.29 is 37.7 Å². The maximum Gasteiger partial charge on any atom is 0.422 e. The summed E-state index contributed by atoms with van der Waals surface area (Å²) in [4.78, 5) is 23.4. The van der Waals surface area contributed by atoms with Crippen molar-refractivity contribution in [2.75, 3.05) is 23.8 Å². The van der Waals surface area contributed by atoms with E-state index in [0.717, 1.165) is 42.7 Å². The number of rotatable bonds is 8. The lowest BCUT2D eigenvalue weighted by Gasteiger charge is -2.16. The van der Waals surface area contributed by atoms with Gasteiger partial charge in [-0.05, 0) is 49.1 Å². The van der Waals surface area contributed by atoms with Crippen molar-refractivity contribution in [3.8, 4) is 5.75 Å². The number of alkyl halides is 3. The minimum absolute atomic E-state index is 0.0851. The average Bonchev–Trinajstić information content (AvgIpc) is 3.02. The Balaban J connectivity index is 0.000000440. The van der Waals surface area contributed by atoms with Crippen LogP contribution in [0.2, 0.25) is 5.02 Å². The third kappa shape index (κ3) is 9.74. The Morgan fingerprint density at radius 1 is 1.12 bits per heavy atom. The van der Waals surface area contributed by atoms with Gasteiger partial charge < -0.3 is 25.6 Å². The molecule has 34 heavy (non-hydrogen) atoms. The lowest BCUT2D eigenvalue weighted by atomic mass is 10.1. The lowest BCUT2D eigenvalue weighted by Crippen LogP contribution is -2.19. The number of halogens is 4. The van der Waals surface area contributed by atoms with Crippen LogP contribution in [0.15, 0.2) is 30.5 Å². The van der Waals surface area contributed by atoms with Gasteiger partial charge in [-0.3, -0.25) is 14.6 Å². The van der Waals surface area contributed by atoms with Gasteiger partial charge in [0.25, 0.3) is 0 Å². The summed E-state index contributed by atoms with van der Waals surface area (Å²) >= 11 is 6.35. The Morgan fingerprint density at radius 2 is 1.82 bits per heavy atom. The van der Waals surface area contributed by atoms with E-state index in [1.54, 1.807) is 6.07 Å². The molecule has 3 rings (SSSR count). The quantitative estimate of drug-likeness (QED) is 0.398. The van der Waals surface area contributed by atoms with Gasteiger partial charge in [-0.25, -0.2) is 0 Å². The van der Waals surface area contributed by atoms with Gasteiger partial charge in [0, 0.05) is 12.2 Å². The predicted octanol–water partition coefficient (Wildman–Crippen LogP) is 4.97. The summed E-state index contributed by atoms with van der Waals surface area (Å²) in [6.07, 6.45) is -0.549. The van der Waals surface area contributed by atoms with Crippen molar-refractivity contribution in [3.05, 3.63) is 46.7 Å². The second-order valence-corrected chi connectivity index (χ2v) is 7.77. The number of hydrogen-bond donors (Lipinski definition) is 4. The zero-order valence-corrected chi connectivity index (χ0v) is 18.9. The van der Waals surface area contributed by atoms with Gasteiger partial charge in [0.05, 0.1) is 42.0 Å². The van der Waals surface area contributed by atoms with E-state index in [4.69, 9.17) is 21.8 Å².